The predicted molar refractivity (Wildman–Crippen MR) is 73.0 cm³/mol. The topological polar surface area (TPSA) is 34.1 Å². The first kappa shape index (κ1) is 15.4. The van der Waals surface area contributed by atoms with Crippen LogP contribution in [0.15, 0.2) is 47.4 Å². The van der Waals surface area contributed by atoms with Crippen molar-refractivity contribution in [3.63, 3.8) is 0 Å². The number of halogens is 3. The van der Waals surface area contributed by atoms with Gasteiger partial charge in [-0.2, -0.15) is 0 Å². The zero-order chi connectivity index (χ0) is 15.6. The van der Waals surface area contributed by atoms with Crippen LogP contribution in [0.3, 0.4) is 0 Å². The molecule has 2 atom stereocenters. The SMILES string of the molecule is CC(C(=O)c1ccc(F)cc1F)S(=O)c1ccc(F)cc1. The van der Waals surface area contributed by atoms with Crippen LogP contribution in [0.4, 0.5) is 13.2 Å². The normalized spacial score (nSPS) is 13.7. The molecular weight excluding hydrogens is 301 g/mol. The minimum atomic E-state index is -1.76. The van der Waals surface area contributed by atoms with Crippen molar-refractivity contribution in [2.24, 2.45) is 0 Å². The third kappa shape index (κ3) is 3.39. The zero-order valence-electron chi connectivity index (χ0n) is 11.0. The monoisotopic (exact) mass is 312 g/mol. The van der Waals surface area contributed by atoms with Crippen LogP contribution in [0.5, 0.6) is 0 Å². The average molecular weight is 312 g/mol. The summed E-state index contributed by atoms with van der Waals surface area (Å²) in [5.41, 5.74) is -0.320. The summed E-state index contributed by atoms with van der Waals surface area (Å²) in [6.07, 6.45) is 0. The van der Waals surface area contributed by atoms with Crippen molar-refractivity contribution in [2.75, 3.05) is 0 Å². The van der Waals surface area contributed by atoms with Gasteiger partial charge in [0, 0.05) is 11.0 Å². The summed E-state index contributed by atoms with van der Waals surface area (Å²) in [5.74, 6) is -2.98. The Labute approximate surface area is 122 Å². The number of benzene rings is 2. The molecule has 0 aliphatic carbocycles. The minimum Gasteiger partial charge on any atom is -0.293 e. The van der Waals surface area contributed by atoms with Gasteiger partial charge in [0.15, 0.2) is 5.78 Å². The molecule has 0 heterocycles. The fraction of sp³-hybridized carbons (Fsp3) is 0.133. The largest absolute Gasteiger partial charge is 0.293 e. The average Bonchev–Trinajstić information content (AvgIpc) is 2.46. The van der Waals surface area contributed by atoms with E-state index in [2.05, 4.69) is 0 Å². The number of ketones is 1. The molecule has 0 N–H and O–H groups in total. The van der Waals surface area contributed by atoms with E-state index in [9.17, 15) is 22.2 Å². The molecule has 0 fully saturated rings. The van der Waals surface area contributed by atoms with Gasteiger partial charge in [0.2, 0.25) is 0 Å². The van der Waals surface area contributed by atoms with Gasteiger partial charge >= 0.3 is 0 Å². The Morgan fingerprint density at radius 1 is 1.00 bits per heavy atom. The van der Waals surface area contributed by atoms with E-state index in [0.717, 1.165) is 24.3 Å². The van der Waals surface area contributed by atoms with Gasteiger partial charge in [0.1, 0.15) is 17.5 Å². The number of hydrogen-bond acceptors (Lipinski definition) is 2. The Bertz CT molecular complexity index is 699. The third-order valence-corrected chi connectivity index (χ3v) is 4.53. The summed E-state index contributed by atoms with van der Waals surface area (Å²) in [6.45, 7) is 1.38. The zero-order valence-corrected chi connectivity index (χ0v) is 11.8. The molecule has 0 aromatic heterocycles. The van der Waals surface area contributed by atoms with Crippen molar-refractivity contribution in [3.05, 3.63) is 65.5 Å². The Hall–Kier alpha value is -1.95. The second kappa shape index (κ2) is 6.22. The van der Waals surface area contributed by atoms with Gasteiger partial charge in [-0.05, 0) is 43.3 Å². The number of rotatable bonds is 4. The Kier molecular flexibility index (Phi) is 4.57. The molecule has 21 heavy (non-hydrogen) atoms. The smallest absolute Gasteiger partial charge is 0.181 e. The van der Waals surface area contributed by atoms with Crippen LogP contribution in [0.2, 0.25) is 0 Å². The Morgan fingerprint density at radius 2 is 1.57 bits per heavy atom. The maximum Gasteiger partial charge on any atom is 0.181 e. The minimum absolute atomic E-state index is 0.264. The van der Waals surface area contributed by atoms with E-state index >= 15 is 0 Å². The van der Waals surface area contributed by atoms with Crippen LogP contribution in [-0.4, -0.2) is 15.2 Å². The maximum absolute atomic E-state index is 13.6. The van der Waals surface area contributed by atoms with Crippen molar-refractivity contribution < 1.29 is 22.2 Å². The van der Waals surface area contributed by atoms with E-state index in [1.165, 1.54) is 19.1 Å². The highest BCUT2D eigenvalue weighted by molar-refractivity contribution is 7.86. The number of carbonyl (C=O) groups excluding carboxylic acids is 1. The lowest BCUT2D eigenvalue weighted by Gasteiger charge is -2.11. The fourth-order valence-electron chi connectivity index (χ4n) is 1.78. The predicted octanol–water partition coefficient (Wildman–Crippen LogP) is 3.48. The highest BCUT2D eigenvalue weighted by Gasteiger charge is 2.25. The second-order valence-corrected chi connectivity index (χ2v) is 6.16. The lowest BCUT2D eigenvalue weighted by atomic mass is 10.1. The lowest BCUT2D eigenvalue weighted by Crippen LogP contribution is -2.23. The van der Waals surface area contributed by atoms with E-state index in [0.29, 0.717) is 6.07 Å². The molecule has 0 saturated carbocycles. The molecule has 110 valence electrons. The highest BCUT2D eigenvalue weighted by Crippen LogP contribution is 2.18. The molecule has 0 spiro atoms. The molecule has 0 aliphatic heterocycles. The summed E-state index contributed by atoms with van der Waals surface area (Å²) in [7, 11) is -1.76. The molecule has 0 radical (unpaired) electrons. The highest BCUT2D eigenvalue weighted by atomic mass is 32.2. The number of Topliss-reactive ketones (excluding diaryl/α,β-unsaturated/α-hetero) is 1. The quantitative estimate of drug-likeness (QED) is 0.810. The first-order valence-electron chi connectivity index (χ1n) is 6.05. The fourth-order valence-corrected chi connectivity index (χ4v) is 2.91. The molecular formula is C15H11F3O2S. The van der Waals surface area contributed by atoms with Gasteiger partial charge in [0.05, 0.1) is 21.6 Å². The Morgan fingerprint density at radius 3 is 2.14 bits per heavy atom. The van der Waals surface area contributed by atoms with Crippen molar-refractivity contribution in [1.29, 1.82) is 0 Å². The molecule has 2 nitrogen and oxygen atoms in total. The molecule has 2 aromatic carbocycles. The third-order valence-electron chi connectivity index (χ3n) is 2.93. The van der Waals surface area contributed by atoms with Gasteiger partial charge in [-0.1, -0.05) is 0 Å². The molecule has 0 amide bonds. The summed E-state index contributed by atoms with van der Waals surface area (Å²) in [6, 6.07) is 7.44. The van der Waals surface area contributed by atoms with Crippen molar-refractivity contribution in [3.8, 4) is 0 Å². The van der Waals surface area contributed by atoms with Crippen LogP contribution in [0, 0.1) is 17.5 Å². The van der Waals surface area contributed by atoms with Crippen LogP contribution < -0.4 is 0 Å². The van der Waals surface area contributed by atoms with Crippen molar-refractivity contribution in [1.82, 2.24) is 0 Å². The first-order chi connectivity index (χ1) is 9.90. The molecule has 6 heteroatoms. The molecule has 2 rings (SSSR count). The van der Waals surface area contributed by atoms with E-state index in [-0.39, 0.29) is 10.5 Å². The van der Waals surface area contributed by atoms with Gasteiger partial charge < -0.3 is 0 Å². The molecule has 2 unspecified atom stereocenters. The van der Waals surface area contributed by atoms with E-state index in [1.807, 2.05) is 0 Å². The molecule has 0 saturated heterocycles. The van der Waals surface area contributed by atoms with Crippen LogP contribution in [-0.2, 0) is 10.8 Å². The van der Waals surface area contributed by atoms with E-state index in [4.69, 9.17) is 0 Å². The second-order valence-electron chi connectivity index (χ2n) is 4.38. The summed E-state index contributed by atoms with van der Waals surface area (Å²) in [5, 5.41) is -1.03. The first-order valence-corrected chi connectivity index (χ1v) is 7.27. The van der Waals surface area contributed by atoms with Gasteiger partial charge in [-0.25, -0.2) is 13.2 Å². The van der Waals surface area contributed by atoms with Crippen molar-refractivity contribution in [2.45, 2.75) is 17.1 Å². The lowest BCUT2D eigenvalue weighted by molar-refractivity contribution is 0.0988. The maximum atomic E-state index is 13.6. The molecule has 0 aliphatic rings. The van der Waals surface area contributed by atoms with Crippen LogP contribution in [0.25, 0.3) is 0 Å². The van der Waals surface area contributed by atoms with Crippen LogP contribution in [0.1, 0.15) is 17.3 Å². The molecule has 0 bridgehead atoms. The van der Waals surface area contributed by atoms with Gasteiger partial charge in [-0.3, -0.25) is 9.00 Å². The summed E-state index contributed by atoms with van der Waals surface area (Å²) < 4.78 is 51.4. The molecule has 2 aromatic rings. The van der Waals surface area contributed by atoms with E-state index < -0.39 is 39.3 Å². The number of carbonyl (C=O) groups is 1. The standard InChI is InChI=1S/C15H11F3O2S/c1-9(21(20)12-5-2-10(16)3-6-12)15(19)13-7-4-11(17)8-14(13)18/h2-9H,1H3. The van der Waals surface area contributed by atoms with Crippen LogP contribution >= 0.6 is 0 Å². The van der Waals surface area contributed by atoms with Crippen molar-refractivity contribution >= 4 is 16.6 Å². The summed E-state index contributed by atoms with van der Waals surface area (Å²) >= 11 is 0. The Balaban J connectivity index is 2.26. The van der Waals surface area contributed by atoms with E-state index in [1.54, 1.807) is 0 Å². The number of hydrogen-bond donors (Lipinski definition) is 0. The van der Waals surface area contributed by atoms with Gasteiger partial charge in [0.25, 0.3) is 0 Å². The summed E-state index contributed by atoms with van der Waals surface area (Å²) in [4.78, 5) is 12.4. The van der Waals surface area contributed by atoms with Gasteiger partial charge in [-0.15, -0.1) is 0 Å².